The molecule has 2 heterocycles. The van der Waals surface area contributed by atoms with Crippen LogP contribution in [0.1, 0.15) is 5.69 Å². The second-order valence-corrected chi connectivity index (χ2v) is 2.67. The van der Waals surface area contributed by atoms with E-state index in [2.05, 4.69) is 25.0 Å². The van der Waals surface area contributed by atoms with Gasteiger partial charge in [-0.05, 0) is 0 Å². The van der Waals surface area contributed by atoms with Crippen molar-refractivity contribution in [2.24, 2.45) is 0 Å². The van der Waals surface area contributed by atoms with E-state index in [1.165, 1.54) is 18.8 Å². The zero-order valence-corrected chi connectivity index (χ0v) is 7.34. The van der Waals surface area contributed by atoms with Gasteiger partial charge in [0.1, 0.15) is 18.3 Å². The molecule has 2 aromatic heterocycles. The van der Waals surface area contributed by atoms with Gasteiger partial charge < -0.3 is 15.6 Å². The van der Waals surface area contributed by atoms with E-state index < -0.39 is 0 Å². The largest absolute Gasteiger partial charge is 0.394 e. The first kappa shape index (κ1) is 8.49. The average Bonchev–Trinajstić information content (AvgIpc) is 2.69. The van der Waals surface area contributed by atoms with Crippen molar-refractivity contribution in [2.45, 2.75) is 6.54 Å². The Morgan fingerprint density at radius 1 is 1.50 bits per heavy atom. The summed E-state index contributed by atoms with van der Waals surface area (Å²) >= 11 is 0. The van der Waals surface area contributed by atoms with Crippen molar-refractivity contribution in [2.75, 3.05) is 11.1 Å². The summed E-state index contributed by atoms with van der Waals surface area (Å²) in [5.41, 5.74) is 6.93. The van der Waals surface area contributed by atoms with Crippen LogP contribution in [-0.4, -0.2) is 15.1 Å². The van der Waals surface area contributed by atoms with Crippen LogP contribution < -0.4 is 11.1 Å². The standard InChI is InChI=1S/C8H9N5O/c9-7-4-10-5-12-8(7)11-3-6-1-2-14-13-6/h1-2,4-5H,3,9H2,(H,10,11,12). The molecule has 0 unspecified atom stereocenters. The van der Waals surface area contributed by atoms with E-state index in [0.29, 0.717) is 18.1 Å². The fourth-order valence-corrected chi connectivity index (χ4v) is 0.991. The van der Waals surface area contributed by atoms with E-state index >= 15 is 0 Å². The molecular formula is C8H9N5O. The number of nitrogen functional groups attached to an aromatic ring is 1. The van der Waals surface area contributed by atoms with Gasteiger partial charge in [0.25, 0.3) is 0 Å². The minimum Gasteiger partial charge on any atom is -0.394 e. The Morgan fingerprint density at radius 3 is 3.14 bits per heavy atom. The average molecular weight is 191 g/mol. The monoisotopic (exact) mass is 191 g/mol. The van der Waals surface area contributed by atoms with Crippen LogP contribution in [-0.2, 0) is 6.54 Å². The summed E-state index contributed by atoms with van der Waals surface area (Å²) in [5.74, 6) is 0.600. The van der Waals surface area contributed by atoms with Crippen molar-refractivity contribution in [3.8, 4) is 0 Å². The third-order valence-corrected chi connectivity index (χ3v) is 1.67. The summed E-state index contributed by atoms with van der Waals surface area (Å²) in [4.78, 5) is 7.75. The number of hydrogen-bond acceptors (Lipinski definition) is 6. The number of anilines is 2. The van der Waals surface area contributed by atoms with Gasteiger partial charge in [-0.15, -0.1) is 0 Å². The second-order valence-electron chi connectivity index (χ2n) is 2.67. The molecule has 0 saturated heterocycles. The third-order valence-electron chi connectivity index (χ3n) is 1.67. The third kappa shape index (κ3) is 1.79. The summed E-state index contributed by atoms with van der Waals surface area (Å²) < 4.78 is 4.68. The van der Waals surface area contributed by atoms with Crippen molar-refractivity contribution in [3.05, 3.63) is 30.5 Å². The Balaban J connectivity index is 2.02. The summed E-state index contributed by atoms with van der Waals surface area (Å²) in [7, 11) is 0. The van der Waals surface area contributed by atoms with E-state index in [9.17, 15) is 0 Å². The van der Waals surface area contributed by atoms with Crippen LogP contribution in [0.15, 0.2) is 29.4 Å². The smallest absolute Gasteiger partial charge is 0.152 e. The first-order valence-electron chi connectivity index (χ1n) is 4.05. The van der Waals surface area contributed by atoms with Crippen LogP contribution in [0.4, 0.5) is 11.5 Å². The lowest BCUT2D eigenvalue weighted by Crippen LogP contribution is -2.04. The molecule has 0 radical (unpaired) electrons. The molecule has 0 fully saturated rings. The van der Waals surface area contributed by atoms with Gasteiger partial charge in [0, 0.05) is 6.07 Å². The quantitative estimate of drug-likeness (QED) is 0.740. The van der Waals surface area contributed by atoms with Gasteiger partial charge in [-0.1, -0.05) is 5.16 Å². The zero-order valence-electron chi connectivity index (χ0n) is 7.34. The number of nitrogens with one attached hydrogen (secondary N) is 1. The van der Waals surface area contributed by atoms with Gasteiger partial charge in [0.2, 0.25) is 0 Å². The van der Waals surface area contributed by atoms with Gasteiger partial charge >= 0.3 is 0 Å². The SMILES string of the molecule is Nc1cncnc1NCc1ccon1. The summed E-state index contributed by atoms with van der Waals surface area (Å²) in [6.45, 7) is 0.526. The maximum absolute atomic E-state index is 5.63. The van der Waals surface area contributed by atoms with E-state index in [0.717, 1.165) is 5.69 Å². The van der Waals surface area contributed by atoms with Crippen molar-refractivity contribution in [1.82, 2.24) is 15.1 Å². The predicted molar refractivity (Wildman–Crippen MR) is 50.3 cm³/mol. The molecule has 2 rings (SSSR count). The number of hydrogen-bond donors (Lipinski definition) is 2. The minimum atomic E-state index is 0.510. The van der Waals surface area contributed by atoms with E-state index in [-0.39, 0.29) is 0 Å². The Hall–Kier alpha value is -2.11. The number of rotatable bonds is 3. The molecule has 0 saturated carbocycles. The van der Waals surface area contributed by atoms with Crippen molar-refractivity contribution >= 4 is 11.5 Å². The molecule has 6 nitrogen and oxygen atoms in total. The topological polar surface area (TPSA) is 89.9 Å². The Bertz CT molecular complexity index is 400. The van der Waals surface area contributed by atoms with Gasteiger partial charge in [0.05, 0.1) is 18.4 Å². The lowest BCUT2D eigenvalue weighted by molar-refractivity contribution is 0.412. The first-order chi connectivity index (χ1) is 6.86. The molecular weight excluding hydrogens is 182 g/mol. The lowest BCUT2D eigenvalue weighted by Gasteiger charge is -2.04. The predicted octanol–water partition coefficient (Wildman–Crippen LogP) is 0.659. The molecule has 0 atom stereocenters. The summed E-state index contributed by atoms with van der Waals surface area (Å²) in [6, 6.07) is 1.77. The Morgan fingerprint density at radius 2 is 2.43 bits per heavy atom. The van der Waals surface area contributed by atoms with Gasteiger partial charge in [-0.25, -0.2) is 9.97 Å². The van der Waals surface area contributed by atoms with Crippen LogP contribution in [0.25, 0.3) is 0 Å². The Labute approximate surface area is 80.1 Å². The zero-order chi connectivity index (χ0) is 9.80. The molecule has 0 aromatic carbocycles. The highest BCUT2D eigenvalue weighted by atomic mass is 16.5. The molecule has 0 aliphatic rings. The van der Waals surface area contributed by atoms with Gasteiger partial charge in [0.15, 0.2) is 5.82 Å². The fraction of sp³-hybridized carbons (Fsp3) is 0.125. The fourth-order valence-electron chi connectivity index (χ4n) is 0.991. The van der Waals surface area contributed by atoms with E-state index in [4.69, 9.17) is 5.73 Å². The Kier molecular flexibility index (Phi) is 2.26. The molecule has 0 bridgehead atoms. The second kappa shape index (κ2) is 3.73. The maximum atomic E-state index is 5.63. The molecule has 0 amide bonds. The summed E-state index contributed by atoms with van der Waals surface area (Å²) in [5, 5.41) is 6.76. The highest BCUT2D eigenvalue weighted by molar-refractivity contribution is 5.58. The molecule has 3 N–H and O–H groups in total. The highest BCUT2D eigenvalue weighted by Crippen LogP contribution is 2.12. The molecule has 72 valence electrons. The number of nitrogens with two attached hydrogens (primary N) is 1. The molecule has 14 heavy (non-hydrogen) atoms. The van der Waals surface area contributed by atoms with E-state index in [1.807, 2.05) is 0 Å². The number of nitrogens with zero attached hydrogens (tertiary/aromatic N) is 3. The van der Waals surface area contributed by atoms with Crippen molar-refractivity contribution in [1.29, 1.82) is 0 Å². The molecule has 2 aromatic rings. The van der Waals surface area contributed by atoms with Crippen molar-refractivity contribution in [3.63, 3.8) is 0 Å². The molecule has 0 spiro atoms. The van der Waals surface area contributed by atoms with E-state index in [1.54, 1.807) is 6.07 Å². The van der Waals surface area contributed by atoms with Crippen LogP contribution >= 0.6 is 0 Å². The molecule has 6 heteroatoms. The summed E-state index contributed by atoms with van der Waals surface area (Å²) in [6.07, 6.45) is 4.49. The molecule has 0 aliphatic heterocycles. The first-order valence-corrected chi connectivity index (χ1v) is 4.05. The van der Waals surface area contributed by atoms with Gasteiger partial charge in [-0.3, -0.25) is 0 Å². The van der Waals surface area contributed by atoms with Crippen LogP contribution in [0.2, 0.25) is 0 Å². The van der Waals surface area contributed by atoms with Crippen LogP contribution in [0.5, 0.6) is 0 Å². The minimum absolute atomic E-state index is 0.510. The van der Waals surface area contributed by atoms with Gasteiger partial charge in [-0.2, -0.15) is 0 Å². The van der Waals surface area contributed by atoms with Crippen LogP contribution in [0, 0.1) is 0 Å². The molecule has 0 aliphatic carbocycles. The highest BCUT2D eigenvalue weighted by Gasteiger charge is 2.00. The van der Waals surface area contributed by atoms with Crippen LogP contribution in [0.3, 0.4) is 0 Å². The maximum Gasteiger partial charge on any atom is 0.152 e. The lowest BCUT2D eigenvalue weighted by atomic mass is 10.4. The van der Waals surface area contributed by atoms with Crippen molar-refractivity contribution < 1.29 is 4.52 Å². The normalized spacial score (nSPS) is 10.0. The number of aromatic nitrogens is 3.